The Bertz CT molecular complexity index is 854. The van der Waals surface area contributed by atoms with Gasteiger partial charge < -0.3 is 15.3 Å². The van der Waals surface area contributed by atoms with E-state index in [0.29, 0.717) is 6.42 Å². The molecule has 3 aromatic rings. The van der Waals surface area contributed by atoms with Crippen molar-refractivity contribution in [1.29, 1.82) is 0 Å². The summed E-state index contributed by atoms with van der Waals surface area (Å²) in [5.41, 5.74) is 8.73. The molecule has 2 aromatic carbocycles. The number of aromatic hydroxyl groups is 1. The van der Waals surface area contributed by atoms with Gasteiger partial charge in [0.15, 0.2) is 5.76 Å². The molecular weight excluding hydrogens is 302 g/mol. The molecule has 4 nitrogen and oxygen atoms in total. The minimum absolute atomic E-state index is 0.247. The molecule has 0 aliphatic carbocycles. The highest BCUT2D eigenvalue weighted by atomic mass is 16.4. The minimum atomic E-state index is -0.450. The molecule has 0 aliphatic heterocycles. The number of hydrogen-bond donors (Lipinski definition) is 2. The highest BCUT2D eigenvalue weighted by molar-refractivity contribution is 5.63. The van der Waals surface area contributed by atoms with Crippen LogP contribution in [0.2, 0.25) is 0 Å². The summed E-state index contributed by atoms with van der Waals surface area (Å²) in [5.74, 6) is -0.354. The number of hydrogen-bond acceptors (Lipinski definition) is 4. The highest BCUT2D eigenvalue weighted by Crippen LogP contribution is 2.26. The number of benzene rings is 2. The van der Waals surface area contributed by atoms with Crippen molar-refractivity contribution in [3.8, 4) is 16.9 Å². The Balaban J connectivity index is 1.82. The highest BCUT2D eigenvalue weighted by Gasteiger charge is 2.19. The molecule has 4 heteroatoms. The maximum atomic E-state index is 11.6. The molecule has 0 bridgehead atoms. The number of rotatable bonds is 5. The van der Waals surface area contributed by atoms with Crippen LogP contribution in [0.5, 0.6) is 5.75 Å². The molecule has 3 N–H and O–H groups in total. The van der Waals surface area contributed by atoms with Crippen LogP contribution in [-0.4, -0.2) is 11.7 Å². The van der Waals surface area contributed by atoms with Gasteiger partial charge in [-0.3, -0.25) is 4.79 Å². The van der Waals surface area contributed by atoms with Crippen LogP contribution in [0.15, 0.2) is 76.1 Å². The van der Waals surface area contributed by atoms with Gasteiger partial charge in [0.1, 0.15) is 0 Å². The van der Waals surface area contributed by atoms with Crippen molar-refractivity contribution < 1.29 is 9.52 Å². The summed E-state index contributed by atoms with van der Waals surface area (Å²) < 4.78 is 5.33. The molecule has 3 rings (SSSR count). The third kappa shape index (κ3) is 3.39. The van der Waals surface area contributed by atoms with Crippen molar-refractivity contribution in [1.82, 2.24) is 0 Å². The molecule has 0 fully saturated rings. The van der Waals surface area contributed by atoms with Gasteiger partial charge in [-0.05, 0) is 23.1 Å². The van der Waals surface area contributed by atoms with Gasteiger partial charge in [0.05, 0.1) is 6.26 Å². The van der Waals surface area contributed by atoms with Crippen LogP contribution in [0.25, 0.3) is 11.1 Å². The Hall–Kier alpha value is -2.85. The molecule has 1 heterocycles. The maximum Gasteiger partial charge on any atom is 0.226 e. The Morgan fingerprint density at radius 3 is 2.29 bits per heavy atom. The lowest BCUT2D eigenvalue weighted by atomic mass is 9.94. The van der Waals surface area contributed by atoms with Crippen molar-refractivity contribution in [2.45, 2.75) is 12.3 Å². The average molecular weight is 321 g/mol. The zero-order valence-electron chi connectivity index (χ0n) is 13.2. The van der Waals surface area contributed by atoms with Gasteiger partial charge in [0.25, 0.3) is 0 Å². The first-order valence-electron chi connectivity index (χ1n) is 7.84. The van der Waals surface area contributed by atoms with Crippen molar-refractivity contribution >= 4 is 0 Å². The first kappa shape index (κ1) is 16.0. The second-order valence-corrected chi connectivity index (χ2v) is 5.70. The Morgan fingerprint density at radius 2 is 1.62 bits per heavy atom. The normalized spacial score (nSPS) is 12.0. The largest absolute Gasteiger partial charge is 0.502 e. The molecule has 0 aliphatic rings. The molecule has 122 valence electrons. The Labute approximate surface area is 140 Å². The first-order chi connectivity index (χ1) is 11.7. The molecule has 0 saturated heterocycles. The molecule has 0 spiro atoms. The van der Waals surface area contributed by atoms with Crippen molar-refractivity contribution in [2.75, 3.05) is 6.54 Å². The quantitative estimate of drug-likeness (QED) is 0.756. The average Bonchev–Trinajstić information content (AvgIpc) is 2.63. The fraction of sp³-hybridized carbons (Fsp3) is 0.150. The van der Waals surface area contributed by atoms with E-state index in [1.165, 1.54) is 12.3 Å². The minimum Gasteiger partial charge on any atom is -0.502 e. The fourth-order valence-electron chi connectivity index (χ4n) is 2.75. The zero-order chi connectivity index (χ0) is 16.9. The van der Waals surface area contributed by atoms with E-state index in [0.717, 1.165) is 16.7 Å². The van der Waals surface area contributed by atoms with Gasteiger partial charge in [-0.25, -0.2) is 0 Å². The molecule has 24 heavy (non-hydrogen) atoms. The molecular formula is C20H19NO3. The summed E-state index contributed by atoms with van der Waals surface area (Å²) in [7, 11) is 0. The van der Waals surface area contributed by atoms with E-state index in [4.69, 9.17) is 10.2 Å². The Kier molecular flexibility index (Phi) is 4.77. The van der Waals surface area contributed by atoms with Gasteiger partial charge in [-0.2, -0.15) is 0 Å². The molecule has 1 aromatic heterocycles. The molecule has 1 unspecified atom stereocenters. The van der Waals surface area contributed by atoms with E-state index in [1.807, 2.05) is 30.3 Å². The topological polar surface area (TPSA) is 76.5 Å². The van der Waals surface area contributed by atoms with E-state index >= 15 is 0 Å². The molecule has 0 radical (unpaired) electrons. The lowest BCUT2D eigenvalue weighted by molar-refractivity contribution is 0.376. The van der Waals surface area contributed by atoms with Gasteiger partial charge in [0.2, 0.25) is 11.2 Å². The predicted octanol–water partition coefficient (Wildman–Crippen LogP) is 3.30. The molecule has 0 amide bonds. The van der Waals surface area contributed by atoms with E-state index in [2.05, 4.69) is 24.3 Å². The number of nitrogens with two attached hydrogens (primary N) is 1. The summed E-state index contributed by atoms with van der Waals surface area (Å²) in [6.07, 6.45) is 1.88. The molecule has 0 saturated carbocycles. The van der Waals surface area contributed by atoms with Gasteiger partial charge in [0, 0.05) is 18.5 Å². The lowest BCUT2D eigenvalue weighted by Crippen LogP contribution is -2.17. The van der Waals surface area contributed by atoms with Crippen LogP contribution < -0.4 is 11.2 Å². The summed E-state index contributed by atoms with van der Waals surface area (Å²) in [6.45, 7) is 0.279. The third-order valence-corrected chi connectivity index (χ3v) is 4.08. The van der Waals surface area contributed by atoms with Crippen LogP contribution in [0.4, 0.5) is 0 Å². The SMILES string of the molecule is NCC(Cc1ccc(-c2ccccc2)cc1)c1occc(=O)c1O. The van der Waals surface area contributed by atoms with Crippen molar-refractivity contribution in [3.05, 3.63) is 88.5 Å². The van der Waals surface area contributed by atoms with Gasteiger partial charge in [-0.15, -0.1) is 0 Å². The van der Waals surface area contributed by atoms with Gasteiger partial charge in [-0.1, -0.05) is 54.6 Å². The van der Waals surface area contributed by atoms with E-state index < -0.39 is 5.43 Å². The third-order valence-electron chi connectivity index (χ3n) is 4.08. The summed E-state index contributed by atoms with van der Waals surface area (Å²) >= 11 is 0. The predicted molar refractivity (Wildman–Crippen MR) is 94.0 cm³/mol. The van der Waals surface area contributed by atoms with Crippen LogP contribution >= 0.6 is 0 Å². The summed E-state index contributed by atoms with van der Waals surface area (Å²) in [5, 5.41) is 9.91. The van der Waals surface area contributed by atoms with Crippen molar-refractivity contribution in [2.24, 2.45) is 5.73 Å². The Morgan fingerprint density at radius 1 is 0.958 bits per heavy atom. The van der Waals surface area contributed by atoms with E-state index in [9.17, 15) is 9.90 Å². The fourth-order valence-corrected chi connectivity index (χ4v) is 2.75. The summed E-state index contributed by atoms with van der Waals surface area (Å²) in [6, 6.07) is 19.5. The second-order valence-electron chi connectivity index (χ2n) is 5.70. The second kappa shape index (κ2) is 7.15. The van der Waals surface area contributed by atoms with Crippen LogP contribution in [0.1, 0.15) is 17.2 Å². The molecule has 1 atom stereocenters. The van der Waals surface area contributed by atoms with E-state index in [1.54, 1.807) is 0 Å². The summed E-state index contributed by atoms with van der Waals surface area (Å²) in [4.78, 5) is 11.6. The van der Waals surface area contributed by atoms with Crippen molar-refractivity contribution in [3.63, 3.8) is 0 Å². The standard InChI is InChI=1S/C20H19NO3/c21-13-17(20-19(23)18(22)10-11-24-20)12-14-6-8-16(9-7-14)15-4-2-1-3-5-15/h1-11,17,23H,12-13,21H2. The van der Waals surface area contributed by atoms with Crippen LogP contribution in [0, 0.1) is 0 Å². The van der Waals surface area contributed by atoms with E-state index in [-0.39, 0.29) is 24.0 Å². The monoisotopic (exact) mass is 321 g/mol. The smallest absolute Gasteiger partial charge is 0.226 e. The van der Waals surface area contributed by atoms with Crippen LogP contribution in [0.3, 0.4) is 0 Å². The van der Waals surface area contributed by atoms with Crippen LogP contribution in [-0.2, 0) is 6.42 Å². The zero-order valence-corrected chi connectivity index (χ0v) is 13.2. The maximum absolute atomic E-state index is 11.6. The van der Waals surface area contributed by atoms with Gasteiger partial charge >= 0.3 is 0 Å². The first-order valence-corrected chi connectivity index (χ1v) is 7.84. The lowest BCUT2D eigenvalue weighted by Gasteiger charge is -2.15.